The molecule has 0 saturated heterocycles. The Kier molecular flexibility index (Phi) is 6.47. The van der Waals surface area contributed by atoms with Gasteiger partial charge in [-0.05, 0) is 19.1 Å². The van der Waals surface area contributed by atoms with Gasteiger partial charge in [0.1, 0.15) is 11.9 Å². The summed E-state index contributed by atoms with van der Waals surface area (Å²) in [5.74, 6) is -1.51. The van der Waals surface area contributed by atoms with E-state index in [1.165, 1.54) is 18.9 Å². The average molecular weight is 416 g/mol. The molecule has 0 aliphatic heterocycles. The molecule has 1 amide bonds. The van der Waals surface area contributed by atoms with Gasteiger partial charge in [0.05, 0.1) is 7.11 Å². The topological polar surface area (TPSA) is 76.6 Å². The molecule has 0 unspecified atom stereocenters. The minimum Gasteiger partial charge on any atom is -0.474 e. The second-order valence-electron chi connectivity index (χ2n) is 7.30. The zero-order valence-electron chi connectivity index (χ0n) is 16.3. The van der Waals surface area contributed by atoms with Crippen molar-refractivity contribution in [1.29, 1.82) is 0 Å². The second-order valence-corrected chi connectivity index (χ2v) is 8.07. The maximum atomic E-state index is 13.3. The van der Waals surface area contributed by atoms with Crippen LogP contribution in [0.1, 0.15) is 38.5 Å². The number of anilines is 1. The number of nitrogens with one attached hydrogen (secondary N) is 1. The fraction of sp³-hybridized carbons (Fsp3) is 0.722. The molecule has 2 aliphatic carbocycles. The zero-order valence-corrected chi connectivity index (χ0v) is 17.1. The van der Waals surface area contributed by atoms with E-state index in [1.807, 2.05) is 6.26 Å². The molecule has 2 saturated carbocycles. The number of hydrogen-bond donors (Lipinski definition) is 1. The van der Waals surface area contributed by atoms with Crippen LogP contribution in [0.3, 0.4) is 0 Å². The molecule has 0 spiro atoms. The van der Waals surface area contributed by atoms with E-state index < -0.39 is 5.92 Å². The van der Waals surface area contributed by atoms with Gasteiger partial charge >= 0.3 is 6.09 Å². The molecule has 7 nitrogen and oxygen atoms in total. The Morgan fingerprint density at radius 2 is 2.00 bits per heavy atom. The normalized spacial score (nSPS) is 24.2. The molecule has 1 aromatic heterocycles. The molecule has 0 radical (unpaired) electrons. The lowest BCUT2D eigenvalue weighted by molar-refractivity contribution is -0.0361. The summed E-state index contributed by atoms with van der Waals surface area (Å²) in [5, 5.41) is 3.80. The van der Waals surface area contributed by atoms with Crippen LogP contribution in [0.5, 0.6) is 5.88 Å². The number of carbonyl (C=O) groups is 1. The number of halogens is 2. The summed E-state index contributed by atoms with van der Waals surface area (Å²) in [7, 11) is 3.07. The molecule has 2 fully saturated rings. The molecule has 0 bridgehead atoms. The van der Waals surface area contributed by atoms with Crippen molar-refractivity contribution in [1.82, 2.24) is 14.9 Å². The molecule has 28 heavy (non-hydrogen) atoms. The minimum absolute atomic E-state index is 0.0288. The van der Waals surface area contributed by atoms with Crippen LogP contribution in [-0.2, 0) is 4.74 Å². The Balaban J connectivity index is 1.57. The summed E-state index contributed by atoms with van der Waals surface area (Å²) in [6, 6.07) is 1.77. The highest BCUT2D eigenvalue weighted by Gasteiger charge is 2.37. The van der Waals surface area contributed by atoms with Gasteiger partial charge in [-0.15, -0.1) is 0 Å². The van der Waals surface area contributed by atoms with Crippen molar-refractivity contribution in [2.75, 3.05) is 25.7 Å². The average Bonchev–Trinajstić information content (AvgIpc) is 2.64. The van der Waals surface area contributed by atoms with Crippen molar-refractivity contribution >= 4 is 23.7 Å². The lowest BCUT2D eigenvalue weighted by Crippen LogP contribution is -2.49. The van der Waals surface area contributed by atoms with Crippen molar-refractivity contribution in [3.63, 3.8) is 0 Å². The summed E-state index contributed by atoms with van der Waals surface area (Å²) in [4.78, 5) is 21.9. The highest BCUT2D eigenvalue weighted by atomic mass is 32.2. The number of thioether (sulfide) groups is 1. The molecule has 10 heteroatoms. The number of alkyl halides is 2. The van der Waals surface area contributed by atoms with E-state index >= 15 is 0 Å². The Labute approximate surface area is 167 Å². The first kappa shape index (κ1) is 20.9. The van der Waals surface area contributed by atoms with E-state index in [-0.39, 0.29) is 37.1 Å². The van der Waals surface area contributed by atoms with E-state index in [4.69, 9.17) is 9.47 Å². The number of carbonyl (C=O) groups excluding carboxylic acids is 1. The fourth-order valence-corrected chi connectivity index (χ4v) is 3.81. The van der Waals surface area contributed by atoms with E-state index in [0.717, 1.165) is 0 Å². The molecule has 1 N–H and O–H groups in total. The Bertz CT molecular complexity index is 693. The van der Waals surface area contributed by atoms with Gasteiger partial charge in [0.25, 0.3) is 0 Å². The van der Waals surface area contributed by atoms with Crippen LogP contribution in [0, 0.1) is 0 Å². The third-order valence-electron chi connectivity index (χ3n) is 5.30. The second kappa shape index (κ2) is 8.67. The van der Waals surface area contributed by atoms with Crippen molar-refractivity contribution in [2.45, 2.75) is 67.8 Å². The Hall–Kier alpha value is -1.84. The maximum Gasteiger partial charge on any atom is 0.409 e. The van der Waals surface area contributed by atoms with Crippen molar-refractivity contribution < 1.29 is 23.0 Å². The van der Waals surface area contributed by atoms with Gasteiger partial charge in [0, 0.05) is 50.9 Å². The van der Waals surface area contributed by atoms with Gasteiger partial charge in [-0.3, -0.25) is 0 Å². The SMILES string of the molecule is COC(=O)N(C)C1CC(Oc2cc(NC3CCC(F)(F)CC3)nc(SC)n2)C1. The van der Waals surface area contributed by atoms with Crippen LogP contribution in [-0.4, -0.2) is 65.5 Å². The first-order valence-corrected chi connectivity index (χ1v) is 10.6. The van der Waals surface area contributed by atoms with Gasteiger partial charge in [-0.25, -0.2) is 18.6 Å². The summed E-state index contributed by atoms with van der Waals surface area (Å²) < 4.78 is 37.3. The molecule has 1 aromatic rings. The molecule has 0 aromatic carbocycles. The zero-order chi connectivity index (χ0) is 20.3. The highest BCUT2D eigenvalue weighted by Crippen LogP contribution is 2.35. The first-order chi connectivity index (χ1) is 13.3. The van der Waals surface area contributed by atoms with Crippen molar-refractivity contribution in [3.8, 4) is 5.88 Å². The van der Waals surface area contributed by atoms with Crippen LogP contribution in [0.25, 0.3) is 0 Å². The predicted molar refractivity (Wildman–Crippen MR) is 102 cm³/mol. The Morgan fingerprint density at radius 1 is 1.32 bits per heavy atom. The monoisotopic (exact) mass is 416 g/mol. The summed E-state index contributed by atoms with van der Waals surface area (Å²) >= 11 is 1.39. The molecular formula is C18H26F2N4O3S. The molecule has 0 atom stereocenters. The van der Waals surface area contributed by atoms with Crippen molar-refractivity contribution in [2.24, 2.45) is 0 Å². The molecule has 156 valence electrons. The van der Waals surface area contributed by atoms with Crippen LogP contribution in [0.2, 0.25) is 0 Å². The lowest BCUT2D eigenvalue weighted by Gasteiger charge is -2.39. The van der Waals surface area contributed by atoms with E-state index in [2.05, 4.69) is 15.3 Å². The molecule has 3 rings (SSSR count). The summed E-state index contributed by atoms with van der Waals surface area (Å²) in [6.07, 6.45) is 3.47. The fourth-order valence-electron chi connectivity index (χ4n) is 3.44. The van der Waals surface area contributed by atoms with Crippen molar-refractivity contribution in [3.05, 3.63) is 6.07 Å². The predicted octanol–water partition coefficient (Wildman–Crippen LogP) is 3.80. The van der Waals surface area contributed by atoms with Gasteiger partial charge < -0.3 is 19.7 Å². The first-order valence-electron chi connectivity index (χ1n) is 9.34. The van der Waals surface area contributed by atoms with Gasteiger partial charge in [0.15, 0.2) is 5.16 Å². The van der Waals surface area contributed by atoms with Crippen LogP contribution >= 0.6 is 11.8 Å². The smallest absolute Gasteiger partial charge is 0.409 e. The number of hydrogen-bond acceptors (Lipinski definition) is 7. The number of rotatable bonds is 6. The summed E-state index contributed by atoms with van der Waals surface area (Å²) in [5.41, 5.74) is 0. The van der Waals surface area contributed by atoms with E-state index in [0.29, 0.717) is 42.5 Å². The van der Waals surface area contributed by atoms with E-state index in [9.17, 15) is 13.6 Å². The van der Waals surface area contributed by atoms with Gasteiger partial charge in [-0.2, -0.15) is 4.98 Å². The lowest BCUT2D eigenvalue weighted by atomic mass is 9.88. The largest absolute Gasteiger partial charge is 0.474 e. The highest BCUT2D eigenvalue weighted by molar-refractivity contribution is 7.98. The van der Waals surface area contributed by atoms with E-state index in [1.54, 1.807) is 18.0 Å². The van der Waals surface area contributed by atoms with Gasteiger partial charge in [-0.1, -0.05) is 11.8 Å². The number of amides is 1. The minimum atomic E-state index is -2.55. The quantitative estimate of drug-likeness (QED) is 0.558. The number of aromatic nitrogens is 2. The summed E-state index contributed by atoms with van der Waals surface area (Å²) in [6.45, 7) is 0. The number of methoxy groups -OCH3 is 1. The third-order valence-corrected chi connectivity index (χ3v) is 5.85. The standard InChI is InChI=1S/C18H26F2N4O3S/c1-24(17(25)26-2)12-8-13(9-12)27-15-10-14(22-16(23-15)28-3)21-11-4-6-18(19,20)7-5-11/h10-13H,4-9H2,1-3H3,(H,21,22,23). The molecule has 1 heterocycles. The molecule has 2 aliphatic rings. The molecular weight excluding hydrogens is 390 g/mol. The van der Waals surface area contributed by atoms with Gasteiger partial charge in [0.2, 0.25) is 11.8 Å². The van der Waals surface area contributed by atoms with Crippen LogP contribution in [0.4, 0.5) is 19.4 Å². The Morgan fingerprint density at radius 3 is 2.61 bits per heavy atom. The number of nitrogens with zero attached hydrogens (tertiary/aromatic N) is 3. The number of ether oxygens (including phenoxy) is 2. The van der Waals surface area contributed by atoms with Crippen LogP contribution < -0.4 is 10.1 Å². The van der Waals surface area contributed by atoms with Crippen LogP contribution in [0.15, 0.2) is 11.2 Å². The maximum absolute atomic E-state index is 13.3. The third kappa shape index (κ3) is 5.15.